The van der Waals surface area contributed by atoms with Crippen molar-refractivity contribution < 1.29 is 9.53 Å². The summed E-state index contributed by atoms with van der Waals surface area (Å²) >= 11 is 1.47. The maximum atomic E-state index is 12.5. The molecule has 0 aliphatic heterocycles. The van der Waals surface area contributed by atoms with Crippen LogP contribution in [-0.4, -0.2) is 34.4 Å². The maximum absolute atomic E-state index is 12.5. The molecule has 1 N–H and O–H groups in total. The van der Waals surface area contributed by atoms with Crippen LogP contribution in [0.3, 0.4) is 0 Å². The fourth-order valence-corrected chi connectivity index (χ4v) is 5.58. The van der Waals surface area contributed by atoms with Crippen molar-refractivity contribution in [1.29, 1.82) is 0 Å². The first-order valence-corrected chi connectivity index (χ1v) is 10.7. The number of carbonyl (C=O) groups excluding carboxylic acids is 1. The molecule has 2 fully saturated rings. The molecule has 2 aliphatic rings. The number of amides is 1. The summed E-state index contributed by atoms with van der Waals surface area (Å²) in [7, 11) is 1.66. The van der Waals surface area contributed by atoms with Crippen molar-refractivity contribution in [1.82, 2.24) is 14.9 Å². The molecule has 0 radical (unpaired) electrons. The van der Waals surface area contributed by atoms with Crippen molar-refractivity contribution in [2.24, 2.45) is 17.8 Å². The Morgan fingerprint density at radius 1 is 1.41 bits per heavy atom. The number of benzene rings is 1. The molecule has 4 rings (SSSR count). The number of aromatic nitrogens is 2. The summed E-state index contributed by atoms with van der Waals surface area (Å²) in [5.74, 6) is 3.67. The van der Waals surface area contributed by atoms with E-state index in [2.05, 4.69) is 17.2 Å². The molecule has 0 saturated heterocycles. The number of hydrogen-bond donors (Lipinski definition) is 1. The van der Waals surface area contributed by atoms with Gasteiger partial charge in [-0.05, 0) is 56.1 Å². The number of thioether (sulfide) groups is 1. The molecule has 5 nitrogen and oxygen atoms in total. The third kappa shape index (κ3) is 4.00. The number of methoxy groups -OCH3 is 1. The summed E-state index contributed by atoms with van der Waals surface area (Å²) in [6.07, 6.45) is 9.08. The smallest absolute Gasteiger partial charge is 0.230 e. The van der Waals surface area contributed by atoms with Gasteiger partial charge in [-0.3, -0.25) is 9.36 Å². The summed E-state index contributed by atoms with van der Waals surface area (Å²) in [6.45, 7) is 2.17. The lowest BCUT2D eigenvalue weighted by atomic mass is 9.84. The van der Waals surface area contributed by atoms with E-state index in [0.717, 1.165) is 28.4 Å². The van der Waals surface area contributed by atoms with Crippen molar-refractivity contribution in [2.75, 3.05) is 12.9 Å². The van der Waals surface area contributed by atoms with Gasteiger partial charge in [-0.1, -0.05) is 24.2 Å². The zero-order valence-corrected chi connectivity index (χ0v) is 16.7. The van der Waals surface area contributed by atoms with Crippen molar-refractivity contribution >= 4 is 17.7 Å². The largest absolute Gasteiger partial charge is 0.497 e. The first-order chi connectivity index (χ1) is 13.1. The monoisotopic (exact) mass is 385 g/mol. The highest BCUT2D eigenvalue weighted by molar-refractivity contribution is 7.99. The van der Waals surface area contributed by atoms with Crippen molar-refractivity contribution in [2.45, 2.75) is 43.8 Å². The number of nitrogens with zero attached hydrogens (tertiary/aromatic N) is 2. The fraction of sp³-hybridized carbons (Fsp3) is 0.524. The number of rotatable bonds is 7. The molecule has 2 aromatic rings. The van der Waals surface area contributed by atoms with Crippen molar-refractivity contribution in [3.05, 3.63) is 36.7 Å². The molecule has 2 aliphatic carbocycles. The van der Waals surface area contributed by atoms with Crippen molar-refractivity contribution in [3.8, 4) is 11.4 Å². The lowest BCUT2D eigenvalue weighted by molar-refractivity contribution is -0.119. The highest BCUT2D eigenvalue weighted by atomic mass is 32.2. The molecule has 1 aromatic carbocycles. The molecular formula is C21H27N3O2S. The van der Waals surface area contributed by atoms with Gasteiger partial charge < -0.3 is 10.1 Å². The minimum absolute atomic E-state index is 0.0930. The number of ether oxygens (including phenoxy) is 1. The van der Waals surface area contributed by atoms with Gasteiger partial charge in [-0.15, -0.1) is 0 Å². The minimum Gasteiger partial charge on any atom is -0.497 e. The lowest BCUT2D eigenvalue weighted by Gasteiger charge is -2.28. The Morgan fingerprint density at radius 2 is 2.30 bits per heavy atom. The van der Waals surface area contributed by atoms with Crippen LogP contribution in [0.25, 0.3) is 5.69 Å². The summed E-state index contributed by atoms with van der Waals surface area (Å²) in [5, 5.41) is 4.04. The Labute approximate surface area is 164 Å². The van der Waals surface area contributed by atoms with Crippen LogP contribution >= 0.6 is 11.8 Å². The van der Waals surface area contributed by atoms with Gasteiger partial charge in [0.15, 0.2) is 5.16 Å². The molecule has 2 saturated carbocycles. The van der Waals surface area contributed by atoms with E-state index in [-0.39, 0.29) is 11.9 Å². The number of fused-ring (bicyclic) bond motifs is 2. The average Bonchev–Trinajstić information content (AvgIpc) is 3.42. The molecule has 2 bridgehead atoms. The van der Waals surface area contributed by atoms with Gasteiger partial charge in [0.05, 0.1) is 18.6 Å². The van der Waals surface area contributed by atoms with Crippen LogP contribution in [0.5, 0.6) is 5.75 Å². The Balaban J connectivity index is 1.34. The topological polar surface area (TPSA) is 56.2 Å². The molecule has 6 heteroatoms. The van der Waals surface area contributed by atoms with E-state index in [4.69, 9.17) is 4.74 Å². The predicted octanol–water partition coefficient (Wildman–Crippen LogP) is 3.91. The van der Waals surface area contributed by atoms with Gasteiger partial charge in [-0.2, -0.15) is 0 Å². The van der Waals surface area contributed by atoms with Crippen LogP contribution in [0, 0.1) is 17.8 Å². The minimum atomic E-state index is 0.0930. The Bertz CT molecular complexity index is 806. The normalized spacial score (nSPS) is 24.7. The van der Waals surface area contributed by atoms with Crippen LogP contribution in [0.1, 0.15) is 32.6 Å². The molecule has 4 atom stereocenters. The zero-order chi connectivity index (χ0) is 18.8. The van der Waals surface area contributed by atoms with Gasteiger partial charge >= 0.3 is 0 Å². The Morgan fingerprint density at radius 3 is 3.04 bits per heavy atom. The van der Waals surface area contributed by atoms with Crippen LogP contribution in [0.15, 0.2) is 41.8 Å². The number of hydrogen-bond acceptors (Lipinski definition) is 4. The second-order valence-electron chi connectivity index (χ2n) is 7.76. The quantitative estimate of drug-likeness (QED) is 0.734. The first-order valence-electron chi connectivity index (χ1n) is 9.74. The van der Waals surface area contributed by atoms with Crippen LogP contribution in [0.4, 0.5) is 0 Å². The van der Waals surface area contributed by atoms with Gasteiger partial charge in [0.1, 0.15) is 5.75 Å². The zero-order valence-electron chi connectivity index (χ0n) is 15.9. The molecule has 144 valence electrons. The molecule has 1 heterocycles. The number of nitrogens with one attached hydrogen (secondary N) is 1. The van der Waals surface area contributed by atoms with E-state index in [0.29, 0.717) is 11.7 Å². The summed E-state index contributed by atoms with van der Waals surface area (Å²) in [6, 6.07) is 8.10. The molecule has 1 aromatic heterocycles. The van der Waals surface area contributed by atoms with E-state index in [1.807, 2.05) is 35.0 Å². The van der Waals surface area contributed by atoms with Gasteiger partial charge in [0.2, 0.25) is 5.91 Å². The predicted molar refractivity (Wildman–Crippen MR) is 107 cm³/mol. The highest BCUT2D eigenvalue weighted by Crippen LogP contribution is 2.49. The molecular weight excluding hydrogens is 358 g/mol. The Hall–Kier alpha value is -1.95. The third-order valence-corrected chi connectivity index (χ3v) is 7.06. The first kappa shape index (κ1) is 18.4. The summed E-state index contributed by atoms with van der Waals surface area (Å²) in [5.41, 5.74) is 0.977. The molecule has 27 heavy (non-hydrogen) atoms. The number of imidazole rings is 1. The summed E-state index contributed by atoms with van der Waals surface area (Å²) < 4.78 is 7.29. The molecule has 1 amide bonds. The van der Waals surface area contributed by atoms with E-state index < -0.39 is 0 Å². The fourth-order valence-electron chi connectivity index (χ4n) is 4.79. The van der Waals surface area contributed by atoms with Crippen LogP contribution in [0.2, 0.25) is 0 Å². The van der Waals surface area contributed by atoms with E-state index >= 15 is 0 Å². The lowest BCUT2D eigenvalue weighted by Crippen LogP contribution is -2.40. The second-order valence-corrected chi connectivity index (χ2v) is 8.71. The SMILES string of the molecule is COc1cccc(-n2ccnc2SCC(=O)NC(C)C2CC3CCC2C3)c1. The van der Waals surface area contributed by atoms with Gasteiger partial charge in [0.25, 0.3) is 0 Å². The van der Waals surface area contributed by atoms with E-state index in [1.165, 1.54) is 37.4 Å². The average molecular weight is 386 g/mol. The molecule has 4 unspecified atom stereocenters. The number of carbonyl (C=O) groups is 1. The highest BCUT2D eigenvalue weighted by Gasteiger charge is 2.42. The van der Waals surface area contributed by atoms with E-state index in [1.54, 1.807) is 13.3 Å². The third-order valence-electron chi connectivity index (χ3n) is 6.09. The molecule has 0 spiro atoms. The maximum Gasteiger partial charge on any atom is 0.230 e. The standard InChI is InChI=1S/C21H27N3O2S/c1-14(19-11-15-6-7-16(19)10-15)23-20(25)13-27-21-22-8-9-24(21)17-4-3-5-18(12-17)26-2/h3-5,8-9,12,14-16,19H,6-7,10-11,13H2,1-2H3,(H,23,25). The second kappa shape index (κ2) is 7.97. The van der Waals surface area contributed by atoms with Crippen LogP contribution in [-0.2, 0) is 4.79 Å². The van der Waals surface area contributed by atoms with Gasteiger partial charge in [-0.25, -0.2) is 4.98 Å². The Kier molecular flexibility index (Phi) is 5.43. The van der Waals surface area contributed by atoms with Crippen molar-refractivity contribution in [3.63, 3.8) is 0 Å². The van der Waals surface area contributed by atoms with Crippen LogP contribution < -0.4 is 10.1 Å². The summed E-state index contributed by atoms with van der Waals surface area (Å²) in [4.78, 5) is 16.9. The van der Waals surface area contributed by atoms with E-state index in [9.17, 15) is 4.79 Å². The van der Waals surface area contributed by atoms with Gasteiger partial charge in [0, 0.05) is 24.5 Å².